The third kappa shape index (κ3) is 4.19. The van der Waals surface area contributed by atoms with Gasteiger partial charge in [-0.1, -0.05) is 19.8 Å². The van der Waals surface area contributed by atoms with Crippen LogP contribution < -0.4 is 5.32 Å². The molecular formula is C15H27NO4S. The van der Waals surface area contributed by atoms with Crippen LogP contribution in [0.3, 0.4) is 0 Å². The van der Waals surface area contributed by atoms with Gasteiger partial charge in [0.25, 0.3) is 0 Å². The summed E-state index contributed by atoms with van der Waals surface area (Å²) in [6.45, 7) is 2.81. The zero-order chi connectivity index (χ0) is 15.5. The van der Waals surface area contributed by atoms with Gasteiger partial charge in [-0.2, -0.15) is 0 Å². The number of carbonyl (C=O) groups is 1. The smallest absolute Gasteiger partial charge is 0.306 e. The molecule has 2 atom stereocenters. The van der Waals surface area contributed by atoms with E-state index < -0.39 is 9.84 Å². The van der Waals surface area contributed by atoms with Crippen LogP contribution in [0.2, 0.25) is 0 Å². The molecule has 2 saturated carbocycles. The van der Waals surface area contributed by atoms with E-state index in [1.165, 1.54) is 7.11 Å². The predicted molar refractivity (Wildman–Crippen MR) is 81.8 cm³/mol. The molecule has 0 aliphatic heterocycles. The highest BCUT2D eigenvalue weighted by Gasteiger charge is 2.50. The van der Waals surface area contributed by atoms with Gasteiger partial charge >= 0.3 is 5.97 Å². The Morgan fingerprint density at radius 3 is 2.52 bits per heavy atom. The van der Waals surface area contributed by atoms with Crippen LogP contribution >= 0.6 is 0 Å². The number of nitrogens with one attached hydrogen (secondary N) is 1. The lowest BCUT2D eigenvalue weighted by atomic mass is 9.95. The van der Waals surface area contributed by atoms with Crippen molar-refractivity contribution in [1.82, 2.24) is 5.32 Å². The number of methoxy groups -OCH3 is 1. The van der Waals surface area contributed by atoms with Gasteiger partial charge in [-0.25, -0.2) is 8.42 Å². The zero-order valence-corrected chi connectivity index (χ0v) is 13.9. The average Bonchev–Trinajstić information content (AvgIpc) is 3.18. The molecule has 0 spiro atoms. The van der Waals surface area contributed by atoms with Gasteiger partial charge in [-0.15, -0.1) is 0 Å². The van der Waals surface area contributed by atoms with Crippen LogP contribution in [0, 0.1) is 5.41 Å². The minimum atomic E-state index is -3.17. The Bertz CT molecular complexity index is 468. The summed E-state index contributed by atoms with van der Waals surface area (Å²) in [6, 6.07) is 0.0719. The van der Waals surface area contributed by atoms with Crippen molar-refractivity contribution in [2.45, 2.75) is 63.2 Å². The lowest BCUT2D eigenvalue weighted by Crippen LogP contribution is -2.47. The quantitative estimate of drug-likeness (QED) is 0.723. The summed E-state index contributed by atoms with van der Waals surface area (Å²) in [5, 5.41) is 3.04. The molecule has 0 saturated heterocycles. The van der Waals surface area contributed by atoms with Crippen molar-refractivity contribution < 1.29 is 17.9 Å². The standard InChI is InChI=1S/C15H27NO4S/c1-3-16-12-6-4-5-7-13(12)21(18,19)11-15(8-9-15)10-14(17)20-2/h12-13,16H,3-11H2,1-2H3. The fourth-order valence-corrected chi connectivity index (χ4v) is 6.20. The summed E-state index contributed by atoms with van der Waals surface area (Å²) in [5.41, 5.74) is -0.347. The zero-order valence-electron chi connectivity index (χ0n) is 13.1. The van der Waals surface area contributed by atoms with Crippen molar-refractivity contribution in [3.8, 4) is 0 Å². The van der Waals surface area contributed by atoms with E-state index in [-0.39, 0.29) is 34.8 Å². The maximum Gasteiger partial charge on any atom is 0.306 e. The highest BCUT2D eigenvalue weighted by atomic mass is 32.2. The molecule has 0 aromatic rings. The summed E-state index contributed by atoms with van der Waals surface area (Å²) in [4.78, 5) is 11.5. The van der Waals surface area contributed by atoms with E-state index in [9.17, 15) is 13.2 Å². The second-order valence-electron chi connectivity index (χ2n) is 6.55. The number of esters is 1. The monoisotopic (exact) mass is 317 g/mol. The fraction of sp³-hybridized carbons (Fsp3) is 0.933. The average molecular weight is 317 g/mol. The molecule has 5 nitrogen and oxygen atoms in total. The van der Waals surface area contributed by atoms with Crippen LogP contribution in [-0.4, -0.2) is 45.1 Å². The summed E-state index contributed by atoms with van der Waals surface area (Å²) in [7, 11) is -1.82. The molecule has 2 aliphatic carbocycles. The van der Waals surface area contributed by atoms with Crippen LogP contribution in [0.4, 0.5) is 0 Å². The maximum absolute atomic E-state index is 12.8. The molecule has 0 amide bonds. The second-order valence-corrected chi connectivity index (χ2v) is 8.77. The van der Waals surface area contributed by atoms with Gasteiger partial charge in [-0.3, -0.25) is 4.79 Å². The normalized spacial score (nSPS) is 28.1. The molecule has 2 rings (SSSR count). The molecule has 21 heavy (non-hydrogen) atoms. The van der Waals surface area contributed by atoms with Crippen LogP contribution in [0.25, 0.3) is 0 Å². The summed E-state index contributed by atoms with van der Waals surface area (Å²) in [5.74, 6) is -0.156. The summed E-state index contributed by atoms with van der Waals surface area (Å²) < 4.78 is 30.3. The van der Waals surface area contributed by atoms with E-state index in [1.54, 1.807) is 0 Å². The number of carbonyl (C=O) groups excluding carboxylic acids is 1. The van der Waals surface area contributed by atoms with Crippen molar-refractivity contribution in [2.24, 2.45) is 5.41 Å². The number of ether oxygens (including phenoxy) is 1. The maximum atomic E-state index is 12.8. The lowest BCUT2D eigenvalue weighted by Gasteiger charge is -2.32. The first-order valence-electron chi connectivity index (χ1n) is 7.94. The Balaban J connectivity index is 2.05. The molecule has 2 unspecified atom stereocenters. The minimum Gasteiger partial charge on any atom is -0.469 e. The van der Waals surface area contributed by atoms with Crippen molar-refractivity contribution in [2.75, 3.05) is 19.4 Å². The van der Waals surface area contributed by atoms with Gasteiger partial charge in [0.05, 0.1) is 24.5 Å². The van der Waals surface area contributed by atoms with Crippen molar-refractivity contribution in [3.63, 3.8) is 0 Å². The van der Waals surface area contributed by atoms with Gasteiger partial charge < -0.3 is 10.1 Å². The molecule has 0 radical (unpaired) electrons. The molecule has 0 heterocycles. The first kappa shape index (κ1) is 16.7. The van der Waals surface area contributed by atoms with E-state index in [4.69, 9.17) is 4.74 Å². The molecule has 6 heteroatoms. The summed E-state index contributed by atoms with van der Waals surface area (Å²) in [6.07, 6.45) is 5.63. The van der Waals surface area contributed by atoms with E-state index in [0.29, 0.717) is 0 Å². The summed E-state index contributed by atoms with van der Waals surface area (Å²) >= 11 is 0. The largest absolute Gasteiger partial charge is 0.469 e. The molecular weight excluding hydrogens is 290 g/mol. The third-order valence-corrected chi connectivity index (χ3v) is 7.34. The van der Waals surface area contributed by atoms with Crippen LogP contribution in [0.5, 0.6) is 0 Å². The highest BCUT2D eigenvalue weighted by Crippen LogP contribution is 2.51. The van der Waals surface area contributed by atoms with Gasteiger partial charge in [0, 0.05) is 6.04 Å². The van der Waals surface area contributed by atoms with Crippen LogP contribution in [0.15, 0.2) is 0 Å². The Labute approximate surface area is 127 Å². The molecule has 122 valence electrons. The number of hydrogen-bond acceptors (Lipinski definition) is 5. The molecule has 1 N–H and O–H groups in total. The molecule has 0 bridgehead atoms. The Morgan fingerprint density at radius 2 is 1.95 bits per heavy atom. The topological polar surface area (TPSA) is 72.5 Å². The van der Waals surface area contributed by atoms with Crippen molar-refractivity contribution in [3.05, 3.63) is 0 Å². The lowest BCUT2D eigenvalue weighted by molar-refractivity contribution is -0.141. The van der Waals surface area contributed by atoms with Crippen LogP contribution in [0.1, 0.15) is 51.9 Å². The van der Waals surface area contributed by atoms with Crippen LogP contribution in [-0.2, 0) is 19.4 Å². The third-order valence-electron chi connectivity index (χ3n) is 4.84. The Morgan fingerprint density at radius 1 is 1.29 bits per heavy atom. The van der Waals surface area contributed by atoms with E-state index in [0.717, 1.165) is 45.1 Å². The predicted octanol–water partition coefficient (Wildman–Crippen LogP) is 1.67. The molecule has 2 aliphatic rings. The Kier molecular flexibility index (Phi) is 5.30. The van der Waals surface area contributed by atoms with Crippen molar-refractivity contribution >= 4 is 15.8 Å². The number of hydrogen-bond donors (Lipinski definition) is 1. The van der Waals surface area contributed by atoms with E-state index in [2.05, 4.69) is 5.32 Å². The number of sulfone groups is 1. The van der Waals surface area contributed by atoms with E-state index in [1.807, 2.05) is 6.92 Å². The van der Waals surface area contributed by atoms with Crippen molar-refractivity contribution in [1.29, 1.82) is 0 Å². The van der Waals surface area contributed by atoms with Gasteiger partial charge in [0.1, 0.15) is 0 Å². The second kappa shape index (κ2) is 6.65. The Hall–Kier alpha value is -0.620. The minimum absolute atomic E-state index is 0.0719. The molecule has 0 aromatic carbocycles. The van der Waals surface area contributed by atoms with E-state index >= 15 is 0 Å². The van der Waals surface area contributed by atoms with Gasteiger partial charge in [0.15, 0.2) is 9.84 Å². The van der Waals surface area contributed by atoms with Gasteiger partial charge in [0.2, 0.25) is 0 Å². The van der Waals surface area contributed by atoms with Gasteiger partial charge in [-0.05, 0) is 37.6 Å². The molecule has 0 aromatic heterocycles. The molecule has 2 fully saturated rings. The SMILES string of the molecule is CCNC1CCCCC1S(=O)(=O)CC1(CC(=O)OC)CC1. The first-order valence-corrected chi connectivity index (χ1v) is 9.66. The number of rotatable bonds is 7. The fourth-order valence-electron chi connectivity index (χ4n) is 3.48. The highest BCUT2D eigenvalue weighted by molar-refractivity contribution is 7.92. The first-order chi connectivity index (χ1) is 9.92.